The number of nitrogens with one attached hydrogen (secondary N) is 1. The lowest BCUT2D eigenvalue weighted by Crippen LogP contribution is -2.28. The van der Waals surface area contributed by atoms with E-state index >= 15 is 0 Å². The fourth-order valence-electron chi connectivity index (χ4n) is 2.51. The second-order valence-electron chi connectivity index (χ2n) is 5.43. The number of hydrogen-bond acceptors (Lipinski definition) is 1. The molecule has 1 aromatic carbocycles. The molecule has 88 valence electrons. The molecule has 0 aromatic heterocycles. The Morgan fingerprint density at radius 1 is 1.31 bits per heavy atom. The van der Waals surface area contributed by atoms with Gasteiger partial charge in [0.1, 0.15) is 0 Å². The zero-order valence-electron chi connectivity index (χ0n) is 10.9. The molecule has 1 fully saturated rings. The Bertz CT molecular complexity index is 377. The lowest BCUT2D eigenvalue weighted by atomic mass is 9.87. The van der Waals surface area contributed by atoms with Crippen molar-refractivity contribution in [2.24, 2.45) is 5.41 Å². The average Bonchev–Trinajstić information content (AvgIpc) is 2.99. The van der Waals surface area contributed by atoms with Crippen molar-refractivity contribution in [3.8, 4) is 0 Å². The van der Waals surface area contributed by atoms with E-state index in [2.05, 4.69) is 51.2 Å². The Balaban J connectivity index is 2.35. The number of hydrogen-bond donors (Lipinski definition) is 1. The van der Waals surface area contributed by atoms with Gasteiger partial charge in [-0.15, -0.1) is 0 Å². The summed E-state index contributed by atoms with van der Waals surface area (Å²) < 4.78 is 0. The fraction of sp³-hybridized carbons (Fsp3) is 0.600. The summed E-state index contributed by atoms with van der Waals surface area (Å²) in [5.41, 5.74) is 4.86. The Hall–Kier alpha value is -0.820. The molecule has 0 aliphatic heterocycles. The fourth-order valence-corrected chi connectivity index (χ4v) is 2.51. The van der Waals surface area contributed by atoms with Crippen molar-refractivity contribution in [2.75, 3.05) is 6.54 Å². The lowest BCUT2D eigenvalue weighted by molar-refractivity contribution is 0.372. The number of rotatable bonds is 4. The zero-order chi connectivity index (χ0) is 11.8. The first kappa shape index (κ1) is 11.7. The molecule has 0 amide bonds. The lowest BCUT2D eigenvalue weighted by Gasteiger charge is -2.27. The first-order valence-electron chi connectivity index (χ1n) is 6.38. The van der Waals surface area contributed by atoms with Crippen molar-refractivity contribution >= 4 is 0 Å². The van der Waals surface area contributed by atoms with Gasteiger partial charge in [-0.2, -0.15) is 0 Å². The first-order valence-corrected chi connectivity index (χ1v) is 6.38. The highest BCUT2D eigenvalue weighted by molar-refractivity contribution is 5.37. The molecule has 1 nitrogen and oxygen atoms in total. The predicted octanol–water partition coefficient (Wildman–Crippen LogP) is 3.75. The molecule has 1 atom stereocenters. The van der Waals surface area contributed by atoms with E-state index in [9.17, 15) is 0 Å². The molecule has 16 heavy (non-hydrogen) atoms. The Morgan fingerprint density at radius 3 is 2.56 bits per heavy atom. The van der Waals surface area contributed by atoms with Crippen molar-refractivity contribution in [3.05, 3.63) is 34.9 Å². The predicted molar refractivity (Wildman–Crippen MR) is 69.7 cm³/mol. The summed E-state index contributed by atoms with van der Waals surface area (Å²) in [6, 6.07) is 7.22. The van der Waals surface area contributed by atoms with Crippen LogP contribution in [0.15, 0.2) is 18.2 Å². The van der Waals surface area contributed by atoms with Crippen LogP contribution in [-0.4, -0.2) is 6.54 Å². The Morgan fingerprint density at radius 2 is 2.00 bits per heavy atom. The molecular weight excluding hydrogens is 194 g/mol. The summed E-state index contributed by atoms with van der Waals surface area (Å²) in [4.78, 5) is 0. The van der Waals surface area contributed by atoms with E-state index in [0.717, 1.165) is 6.54 Å². The summed E-state index contributed by atoms with van der Waals surface area (Å²) in [5, 5.41) is 3.67. The molecule has 1 heteroatoms. The minimum absolute atomic E-state index is 0.495. The van der Waals surface area contributed by atoms with E-state index in [0.29, 0.717) is 11.5 Å². The Kier molecular flexibility index (Phi) is 3.07. The first-order chi connectivity index (χ1) is 7.58. The van der Waals surface area contributed by atoms with Crippen LogP contribution >= 0.6 is 0 Å². The third kappa shape index (κ3) is 2.01. The molecule has 2 rings (SSSR count). The Labute approximate surface area is 99.3 Å². The van der Waals surface area contributed by atoms with E-state index in [1.54, 1.807) is 0 Å². The maximum Gasteiger partial charge on any atom is 0.0377 e. The summed E-state index contributed by atoms with van der Waals surface area (Å²) in [6.45, 7) is 10.1. The minimum atomic E-state index is 0.495. The number of aryl methyl sites for hydroxylation is 1. The number of benzene rings is 1. The van der Waals surface area contributed by atoms with E-state index in [1.165, 1.54) is 29.5 Å². The SMILES string of the molecule is CCNC(c1cccc(C)c1C)C1(C)CC1. The van der Waals surface area contributed by atoms with Gasteiger partial charge < -0.3 is 5.32 Å². The minimum Gasteiger partial charge on any atom is -0.310 e. The van der Waals surface area contributed by atoms with Crippen molar-refractivity contribution in [3.63, 3.8) is 0 Å². The van der Waals surface area contributed by atoms with Crippen molar-refractivity contribution in [1.82, 2.24) is 5.32 Å². The average molecular weight is 217 g/mol. The van der Waals surface area contributed by atoms with Gasteiger partial charge in [0.2, 0.25) is 0 Å². The van der Waals surface area contributed by atoms with Gasteiger partial charge in [0.25, 0.3) is 0 Å². The quantitative estimate of drug-likeness (QED) is 0.810. The molecule has 1 unspecified atom stereocenters. The van der Waals surface area contributed by atoms with E-state index in [-0.39, 0.29) is 0 Å². The molecule has 1 aliphatic rings. The maximum absolute atomic E-state index is 3.67. The molecule has 1 aliphatic carbocycles. The van der Waals surface area contributed by atoms with Crippen LogP contribution in [0.25, 0.3) is 0 Å². The highest BCUT2D eigenvalue weighted by atomic mass is 14.9. The van der Waals surface area contributed by atoms with Gasteiger partial charge in [0, 0.05) is 6.04 Å². The smallest absolute Gasteiger partial charge is 0.0377 e. The summed E-state index contributed by atoms with van der Waals surface area (Å²) in [6.07, 6.45) is 2.72. The van der Waals surface area contributed by atoms with Gasteiger partial charge in [-0.3, -0.25) is 0 Å². The van der Waals surface area contributed by atoms with Crippen LogP contribution in [-0.2, 0) is 0 Å². The van der Waals surface area contributed by atoms with E-state index in [4.69, 9.17) is 0 Å². The van der Waals surface area contributed by atoms with E-state index in [1.807, 2.05) is 0 Å². The highest BCUT2D eigenvalue weighted by Crippen LogP contribution is 2.54. The normalized spacial score (nSPS) is 19.5. The zero-order valence-corrected chi connectivity index (χ0v) is 10.9. The van der Waals surface area contributed by atoms with Crippen LogP contribution in [0.1, 0.15) is 49.4 Å². The maximum atomic E-state index is 3.67. The standard InChI is InChI=1S/C15H23N/c1-5-16-14(15(4)9-10-15)13-8-6-7-11(2)12(13)3/h6-8,14,16H,5,9-10H2,1-4H3. The monoisotopic (exact) mass is 217 g/mol. The summed E-state index contributed by atoms with van der Waals surface area (Å²) >= 11 is 0. The van der Waals surface area contributed by atoms with Gasteiger partial charge in [-0.05, 0) is 55.3 Å². The molecule has 0 radical (unpaired) electrons. The highest BCUT2D eigenvalue weighted by Gasteiger charge is 2.45. The molecular formula is C15H23N. The van der Waals surface area contributed by atoms with Crippen molar-refractivity contribution in [1.29, 1.82) is 0 Å². The van der Waals surface area contributed by atoms with Gasteiger partial charge >= 0.3 is 0 Å². The van der Waals surface area contributed by atoms with Crippen LogP contribution in [0.4, 0.5) is 0 Å². The third-order valence-corrected chi connectivity index (χ3v) is 4.10. The van der Waals surface area contributed by atoms with Crippen LogP contribution in [0.2, 0.25) is 0 Å². The molecule has 0 spiro atoms. The second kappa shape index (κ2) is 4.21. The summed E-state index contributed by atoms with van der Waals surface area (Å²) in [5.74, 6) is 0. The molecule has 0 bridgehead atoms. The largest absolute Gasteiger partial charge is 0.310 e. The van der Waals surface area contributed by atoms with Crippen molar-refractivity contribution < 1.29 is 0 Å². The van der Waals surface area contributed by atoms with Gasteiger partial charge in [-0.25, -0.2) is 0 Å². The van der Waals surface area contributed by atoms with Crippen molar-refractivity contribution in [2.45, 2.75) is 46.6 Å². The third-order valence-electron chi connectivity index (χ3n) is 4.10. The molecule has 1 aromatic rings. The molecule has 0 heterocycles. The van der Waals surface area contributed by atoms with Gasteiger partial charge in [-0.1, -0.05) is 32.0 Å². The van der Waals surface area contributed by atoms with Crippen LogP contribution < -0.4 is 5.32 Å². The molecule has 1 N–H and O–H groups in total. The van der Waals surface area contributed by atoms with Crippen LogP contribution in [0, 0.1) is 19.3 Å². The van der Waals surface area contributed by atoms with Gasteiger partial charge in [0.15, 0.2) is 0 Å². The topological polar surface area (TPSA) is 12.0 Å². The van der Waals surface area contributed by atoms with Crippen LogP contribution in [0.5, 0.6) is 0 Å². The van der Waals surface area contributed by atoms with Gasteiger partial charge in [0.05, 0.1) is 0 Å². The molecule has 1 saturated carbocycles. The summed E-state index contributed by atoms with van der Waals surface area (Å²) in [7, 11) is 0. The molecule has 0 saturated heterocycles. The van der Waals surface area contributed by atoms with Crippen LogP contribution in [0.3, 0.4) is 0 Å². The van der Waals surface area contributed by atoms with E-state index < -0.39 is 0 Å². The second-order valence-corrected chi connectivity index (χ2v) is 5.43.